The van der Waals surface area contributed by atoms with Crippen molar-refractivity contribution in [1.82, 2.24) is 0 Å². The van der Waals surface area contributed by atoms with E-state index in [0.29, 0.717) is 37.7 Å². The van der Waals surface area contributed by atoms with Crippen LogP contribution in [-0.4, -0.2) is 227 Å². The number of rotatable bonds is 14. The molecular formula is C55H86O24. The first-order chi connectivity index (χ1) is 36.9. The molecule has 0 aromatic carbocycles. The molecule has 8 aliphatic rings. The van der Waals surface area contributed by atoms with Crippen LogP contribution in [0, 0.1) is 50.2 Å². The quantitative estimate of drug-likeness (QED) is 0.0415. The lowest BCUT2D eigenvalue weighted by Crippen LogP contribution is -2.72. The van der Waals surface area contributed by atoms with Crippen LogP contribution in [-0.2, 0) is 52.3 Å². The third-order valence-electron chi connectivity index (χ3n) is 21.0. The van der Waals surface area contributed by atoms with E-state index in [1.807, 2.05) is 20.8 Å². The largest absolute Gasteiger partial charge is 0.479 e. The monoisotopic (exact) mass is 1130 g/mol. The van der Waals surface area contributed by atoms with Crippen molar-refractivity contribution in [2.75, 3.05) is 26.4 Å². The minimum atomic E-state index is -2.18. The van der Waals surface area contributed by atoms with Gasteiger partial charge in [-0.25, -0.2) is 9.59 Å². The van der Waals surface area contributed by atoms with Crippen LogP contribution in [0.15, 0.2) is 23.3 Å². The lowest BCUT2D eigenvalue weighted by Gasteiger charge is -2.72. The van der Waals surface area contributed by atoms with Crippen LogP contribution in [0.4, 0.5) is 0 Å². The summed E-state index contributed by atoms with van der Waals surface area (Å²) in [5.74, 6) is -3.82. The van der Waals surface area contributed by atoms with E-state index in [0.717, 1.165) is 5.57 Å². The molecule has 24 heteroatoms. The molecule has 8 rings (SSSR count). The number of fused-ring (bicyclic) bond motifs is 7. The average Bonchev–Trinajstić information content (AvgIpc) is 1.69. The lowest BCUT2D eigenvalue weighted by atomic mass is 9.33. The van der Waals surface area contributed by atoms with Crippen molar-refractivity contribution in [1.29, 1.82) is 0 Å². The molecule has 0 radical (unpaired) electrons. The molecule has 4 saturated carbocycles. The molecule has 3 saturated heterocycles. The van der Waals surface area contributed by atoms with Crippen LogP contribution in [0.3, 0.4) is 0 Å². The Morgan fingerprint density at radius 2 is 1.28 bits per heavy atom. The number of aliphatic hydroxyl groups excluding tert-OH is 12. The van der Waals surface area contributed by atoms with Gasteiger partial charge in [-0.1, -0.05) is 59.3 Å². The highest BCUT2D eigenvalue weighted by Gasteiger charge is 2.74. The minimum absolute atomic E-state index is 0.0849. The van der Waals surface area contributed by atoms with Crippen LogP contribution in [0.2, 0.25) is 0 Å². The van der Waals surface area contributed by atoms with Gasteiger partial charge in [-0.3, -0.25) is 4.79 Å². The standard InChI is InChI=1S/C55H86O24/c1-10-23(2)46(71)79-44-43(68)55(22-72-24(3)59)26(17-50(44,4)5)25-11-12-30-51(6)15-14-32(52(7,21-58)29(51)13-16-53(30,8)54(25,9)18-31(55)60)75-49-41(77-48-38(66)36(64)34(62)28(20-57)74-48)39(67)40(42(78-49)45(69)70)76-47-37(65)35(63)33(61)27(19-56)73-47/h10-11,26-44,47-49,56-58,60-68H,12-22H2,1-9H3,(H,69,70)/b23-10-/t26?,27-,28-,29?,30?,31-,32+,33-,34-,35+,36+,37-,38-,39+,40+,41-,42+,43+,44+,47+,48+,49-,51+,52-,53-,54-,55+/m1/s1. The summed E-state index contributed by atoms with van der Waals surface area (Å²) < 4.78 is 47.7. The Morgan fingerprint density at radius 3 is 1.81 bits per heavy atom. The molecule has 7 fully saturated rings. The second-order valence-corrected chi connectivity index (χ2v) is 25.6. The first kappa shape index (κ1) is 62.2. The van der Waals surface area contributed by atoms with E-state index in [2.05, 4.69) is 26.8 Å². The maximum Gasteiger partial charge on any atom is 0.335 e. The number of carbonyl (C=O) groups is 3. The van der Waals surface area contributed by atoms with Gasteiger partial charge in [-0.2, -0.15) is 0 Å². The second-order valence-electron chi connectivity index (χ2n) is 25.6. The fourth-order valence-electron chi connectivity index (χ4n) is 16.1. The Hall–Kier alpha value is -2.83. The van der Waals surface area contributed by atoms with Gasteiger partial charge in [-0.05, 0) is 92.8 Å². The molecule has 79 heavy (non-hydrogen) atoms. The molecule has 0 amide bonds. The van der Waals surface area contributed by atoms with Crippen LogP contribution in [0.25, 0.3) is 0 Å². The van der Waals surface area contributed by atoms with E-state index in [9.17, 15) is 80.8 Å². The zero-order chi connectivity index (χ0) is 58.4. The van der Waals surface area contributed by atoms with Crippen LogP contribution in [0.5, 0.6) is 0 Å². The molecule has 0 spiro atoms. The van der Waals surface area contributed by atoms with Crippen molar-refractivity contribution in [3.05, 3.63) is 23.3 Å². The first-order valence-electron chi connectivity index (χ1n) is 27.7. The van der Waals surface area contributed by atoms with Crippen molar-refractivity contribution in [3.8, 4) is 0 Å². The molecule has 27 atom stereocenters. The number of aliphatic carboxylic acids is 1. The summed E-state index contributed by atoms with van der Waals surface area (Å²) in [7, 11) is 0. The maximum absolute atomic E-state index is 13.3. The van der Waals surface area contributed by atoms with Gasteiger partial charge < -0.3 is 104 Å². The van der Waals surface area contributed by atoms with Gasteiger partial charge in [0.25, 0.3) is 0 Å². The van der Waals surface area contributed by atoms with Crippen molar-refractivity contribution in [3.63, 3.8) is 0 Å². The molecule has 24 nitrogen and oxygen atoms in total. The van der Waals surface area contributed by atoms with E-state index in [-0.39, 0.29) is 31.3 Å². The molecule has 5 aliphatic carbocycles. The molecule has 13 N–H and O–H groups in total. The van der Waals surface area contributed by atoms with Crippen molar-refractivity contribution in [2.24, 2.45) is 50.2 Å². The number of ether oxygens (including phenoxy) is 8. The Kier molecular flexibility index (Phi) is 17.8. The maximum atomic E-state index is 13.3. The topological polar surface area (TPSA) is 388 Å². The first-order valence-corrected chi connectivity index (χ1v) is 27.7. The summed E-state index contributed by atoms with van der Waals surface area (Å²) >= 11 is 0. The Labute approximate surface area is 459 Å². The highest BCUT2D eigenvalue weighted by atomic mass is 16.8. The molecule has 0 aromatic rings. The number of hydrogen-bond donors (Lipinski definition) is 13. The number of hydrogen-bond acceptors (Lipinski definition) is 23. The second kappa shape index (κ2) is 22.6. The van der Waals surface area contributed by atoms with Gasteiger partial charge in [0.1, 0.15) is 86.0 Å². The summed E-state index contributed by atoms with van der Waals surface area (Å²) in [6.45, 7) is 14.3. The van der Waals surface area contributed by atoms with E-state index < -0.39 is 193 Å². The number of carboxylic acid groups (broad SMARTS) is 1. The zero-order valence-electron chi connectivity index (χ0n) is 46.4. The van der Waals surface area contributed by atoms with Crippen molar-refractivity contribution < 1.29 is 119 Å². The number of allylic oxidation sites excluding steroid dienone is 3. The van der Waals surface area contributed by atoms with Crippen molar-refractivity contribution >= 4 is 17.9 Å². The molecule has 3 unspecified atom stereocenters. The van der Waals surface area contributed by atoms with E-state index >= 15 is 0 Å². The van der Waals surface area contributed by atoms with E-state index in [1.54, 1.807) is 19.9 Å². The van der Waals surface area contributed by atoms with E-state index in [1.165, 1.54) is 6.92 Å². The van der Waals surface area contributed by atoms with Gasteiger partial charge in [0.15, 0.2) is 25.0 Å². The number of aliphatic hydroxyl groups is 12. The van der Waals surface area contributed by atoms with Gasteiger partial charge in [-0.15, -0.1) is 0 Å². The van der Waals surface area contributed by atoms with Crippen LogP contribution >= 0.6 is 0 Å². The predicted molar refractivity (Wildman–Crippen MR) is 269 cm³/mol. The highest BCUT2D eigenvalue weighted by molar-refractivity contribution is 5.87. The Balaban J connectivity index is 1.11. The van der Waals surface area contributed by atoms with Gasteiger partial charge in [0, 0.05) is 23.3 Å². The van der Waals surface area contributed by atoms with Gasteiger partial charge >= 0.3 is 17.9 Å². The highest BCUT2D eigenvalue weighted by Crippen LogP contribution is 2.76. The van der Waals surface area contributed by atoms with Crippen molar-refractivity contribution in [2.45, 2.75) is 224 Å². The number of carbonyl (C=O) groups excluding carboxylic acids is 2. The lowest BCUT2D eigenvalue weighted by molar-refractivity contribution is -0.392. The zero-order valence-corrected chi connectivity index (χ0v) is 46.4. The third-order valence-corrected chi connectivity index (χ3v) is 21.0. The summed E-state index contributed by atoms with van der Waals surface area (Å²) in [4.78, 5) is 39.0. The summed E-state index contributed by atoms with van der Waals surface area (Å²) in [6, 6.07) is 0. The van der Waals surface area contributed by atoms with E-state index in [4.69, 9.17) is 37.9 Å². The van der Waals surface area contributed by atoms with Gasteiger partial charge in [0.2, 0.25) is 0 Å². The molecule has 450 valence electrons. The molecular weight excluding hydrogens is 1040 g/mol. The molecule has 3 aliphatic heterocycles. The fourth-order valence-corrected chi connectivity index (χ4v) is 16.1. The predicted octanol–water partition coefficient (Wildman–Crippen LogP) is -1.32. The summed E-state index contributed by atoms with van der Waals surface area (Å²) in [5, 5.41) is 144. The number of carboxylic acids is 1. The van der Waals surface area contributed by atoms with Crippen LogP contribution in [0.1, 0.15) is 107 Å². The molecule has 0 bridgehead atoms. The normalized spacial score (nSPS) is 50.6. The van der Waals surface area contributed by atoms with Gasteiger partial charge in [0.05, 0.1) is 37.4 Å². The Bertz CT molecular complexity index is 2290. The third kappa shape index (κ3) is 10.0. The molecule has 3 heterocycles. The summed E-state index contributed by atoms with van der Waals surface area (Å²) in [6.07, 6.45) is -26.8. The minimum Gasteiger partial charge on any atom is -0.479 e. The molecule has 0 aromatic heterocycles. The fraction of sp³-hybridized carbons (Fsp3) is 0.873. The smallest absolute Gasteiger partial charge is 0.335 e. The average molecular weight is 1130 g/mol. The number of esters is 2. The SMILES string of the molecule is C/C=C(/C)C(=O)O[C@H]1[C@H](O)[C@@]2(COC(C)=O)C(CC1(C)C)C1=CCC3[C@@]4(C)CC[C@H](O[C@@H]5O[C@H](C(=O)O)[C@@H](O[C@@H]6O[C@H](CO)[C@@H](O)[C@H](O)[C@H]6O)[C@H](O)[C@H]5O[C@@H]5O[C@H](CO)[C@@H](O)[C@H](O)[C@H]5O)[C@](C)(CO)C4CC[C@@]3(C)[C@]1(C)C[C@H]2O. The Morgan fingerprint density at radius 1 is 0.696 bits per heavy atom. The summed E-state index contributed by atoms with van der Waals surface area (Å²) in [5.41, 5.74) is -3.78. The van der Waals surface area contributed by atoms with Crippen LogP contribution < -0.4 is 0 Å².